The summed E-state index contributed by atoms with van der Waals surface area (Å²) in [5.41, 5.74) is 0.834. The first kappa shape index (κ1) is 14.5. The van der Waals surface area contributed by atoms with Crippen LogP contribution in [0.3, 0.4) is 0 Å². The molecule has 0 aliphatic rings. The Labute approximate surface area is 132 Å². The maximum atomic E-state index is 4.32. The highest BCUT2D eigenvalue weighted by atomic mass is 32.1. The Balaban J connectivity index is 1.59. The predicted molar refractivity (Wildman–Crippen MR) is 86.9 cm³/mol. The summed E-state index contributed by atoms with van der Waals surface area (Å²) in [4.78, 5) is 9.73. The third-order valence-electron chi connectivity index (χ3n) is 3.10. The highest BCUT2D eigenvalue weighted by molar-refractivity contribution is 7.11. The van der Waals surface area contributed by atoms with Crippen LogP contribution in [0.5, 0.6) is 0 Å². The van der Waals surface area contributed by atoms with Crippen LogP contribution in [0.15, 0.2) is 35.6 Å². The molecular weight excluding hydrogens is 298 g/mol. The van der Waals surface area contributed by atoms with Gasteiger partial charge in [-0.05, 0) is 19.1 Å². The summed E-state index contributed by atoms with van der Waals surface area (Å²) in [6.45, 7) is 3.24. The van der Waals surface area contributed by atoms with E-state index in [1.165, 1.54) is 4.88 Å². The monoisotopic (exact) mass is 315 g/mol. The lowest BCUT2D eigenvalue weighted by atomic mass is 10.4. The van der Waals surface area contributed by atoms with Crippen LogP contribution in [-0.4, -0.2) is 32.6 Å². The SMILES string of the molecule is CN=C(NCc1ncc(C)s1)NCc1nnc2ccccn12. The van der Waals surface area contributed by atoms with Crippen molar-refractivity contribution in [2.24, 2.45) is 4.99 Å². The highest BCUT2D eigenvalue weighted by Crippen LogP contribution is 2.10. The molecule has 22 heavy (non-hydrogen) atoms. The van der Waals surface area contributed by atoms with E-state index in [2.05, 4.69) is 30.8 Å². The van der Waals surface area contributed by atoms with Crippen LogP contribution in [-0.2, 0) is 13.1 Å². The second kappa shape index (κ2) is 6.52. The second-order valence-corrected chi connectivity index (χ2v) is 6.01. The number of fused-ring (bicyclic) bond motifs is 1. The first-order valence-corrected chi connectivity index (χ1v) is 7.72. The number of guanidine groups is 1. The molecule has 0 saturated heterocycles. The molecule has 0 unspecified atom stereocenters. The number of nitrogens with one attached hydrogen (secondary N) is 2. The van der Waals surface area contributed by atoms with E-state index in [0.29, 0.717) is 19.0 Å². The molecular formula is C14H17N7S. The van der Waals surface area contributed by atoms with Gasteiger partial charge in [0, 0.05) is 24.3 Å². The summed E-state index contributed by atoms with van der Waals surface area (Å²) >= 11 is 1.68. The second-order valence-electron chi connectivity index (χ2n) is 4.69. The van der Waals surface area contributed by atoms with Gasteiger partial charge in [-0.15, -0.1) is 21.5 Å². The molecule has 0 aliphatic heterocycles. The molecule has 0 aromatic carbocycles. The van der Waals surface area contributed by atoms with Gasteiger partial charge in [-0.25, -0.2) is 4.98 Å². The van der Waals surface area contributed by atoms with Crippen molar-refractivity contribution >= 4 is 22.9 Å². The molecule has 3 rings (SSSR count). The van der Waals surface area contributed by atoms with E-state index < -0.39 is 0 Å². The lowest BCUT2D eigenvalue weighted by Crippen LogP contribution is -2.36. The Morgan fingerprint density at radius 2 is 2.14 bits per heavy atom. The fourth-order valence-corrected chi connectivity index (χ4v) is 2.76. The molecule has 0 atom stereocenters. The van der Waals surface area contributed by atoms with E-state index in [9.17, 15) is 0 Å². The molecule has 0 spiro atoms. The minimum atomic E-state index is 0.543. The van der Waals surface area contributed by atoms with Crippen molar-refractivity contribution in [1.29, 1.82) is 0 Å². The summed E-state index contributed by atoms with van der Waals surface area (Å²) in [5, 5.41) is 15.8. The quantitative estimate of drug-likeness (QED) is 0.561. The third-order valence-corrected chi connectivity index (χ3v) is 4.01. The summed E-state index contributed by atoms with van der Waals surface area (Å²) in [6, 6.07) is 5.82. The zero-order chi connectivity index (χ0) is 15.4. The Hall–Kier alpha value is -2.48. The molecule has 3 heterocycles. The van der Waals surface area contributed by atoms with E-state index in [4.69, 9.17) is 0 Å². The van der Waals surface area contributed by atoms with Crippen molar-refractivity contribution < 1.29 is 0 Å². The van der Waals surface area contributed by atoms with Crippen LogP contribution in [0.25, 0.3) is 5.65 Å². The van der Waals surface area contributed by atoms with Gasteiger partial charge in [0.1, 0.15) is 5.01 Å². The summed E-state index contributed by atoms with van der Waals surface area (Å²) in [6.07, 6.45) is 3.82. The van der Waals surface area contributed by atoms with Gasteiger partial charge in [-0.1, -0.05) is 6.07 Å². The Kier molecular flexibility index (Phi) is 4.29. The standard InChI is InChI=1S/C14H17N7S/c1-10-7-16-13(22-10)9-18-14(15-2)17-8-12-20-19-11-5-3-4-6-21(11)12/h3-7H,8-9H2,1-2H3,(H2,15,17,18). The molecule has 8 heteroatoms. The minimum Gasteiger partial charge on any atom is -0.350 e. The smallest absolute Gasteiger partial charge is 0.191 e. The van der Waals surface area contributed by atoms with Crippen LogP contribution < -0.4 is 10.6 Å². The van der Waals surface area contributed by atoms with Gasteiger partial charge >= 0.3 is 0 Å². The first-order chi connectivity index (χ1) is 10.8. The molecule has 0 bridgehead atoms. The van der Waals surface area contributed by atoms with Gasteiger partial charge in [0.25, 0.3) is 0 Å². The zero-order valence-corrected chi connectivity index (χ0v) is 13.3. The van der Waals surface area contributed by atoms with Gasteiger partial charge in [-0.3, -0.25) is 9.39 Å². The summed E-state index contributed by atoms with van der Waals surface area (Å²) in [5.74, 6) is 1.55. The molecule has 0 radical (unpaired) electrons. The predicted octanol–water partition coefficient (Wildman–Crippen LogP) is 1.36. The molecule has 0 amide bonds. The zero-order valence-electron chi connectivity index (χ0n) is 12.4. The molecule has 0 fully saturated rings. The number of aromatic nitrogens is 4. The highest BCUT2D eigenvalue weighted by Gasteiger charge is 2.06. The lowest BCUT2D eigenvalue weighted by molar-refractivity contribution is 0.761. The van der Waals surface area contributed by atoms with Gasteiger partial charge in [0.2, 0.25) is 0 Å². The largest absolute Gasteiger partial charge is 0.350 e. The van der Waals surface area contributed by atoms with Crippen molar-refractivity contribution in [3.63, 3.8) is 0 Å². The van der Waals surface area contributed by atoms with E-state index in [-0.39, 0.29) is 0 Å². The van der Waals surface area contributed by atoms with Crippen molar-refractivity contribution in [1.82, 2.24) is 30.2 Å². The van der Waals surface area contributed by atoms with Crippen LogP contribution in [0.2, 0.25) is 0 Å². The van der Waals surface area contributed by atoms with E-state index in [0.717, 1.165) is 16.5 Å². The molecule has 3 aromatic heterocycles. The maximum Gasteiger partial charge on any atom is 0.191 e. The number of aliphatic imine (C=N–C) groups is 1. The molecule has 0 aliphatic carbocycles. The third kappa shape index (κ3) is 3.22. The van der Waals surface area contributed by atoms with Crippen LogP contribution in [0.4, 0.5) is 0 Å². The number of rotatable bonds is 4. The van der Waals surface area contributed by atoms with Gasteiger partial charge in [0.05, 0.1) is 13.1 Å². The number of hydrogen-bond donors (Lipinski definition) is 2. The van der Waals surface area contributed by atoms with E-state index >= 15 is 0 Å². The number of hydrogen-bond acceptors (Lipinski definition) is 5. The van der Waals surface area contributed by atoms with Crippen molar-refractivity contribution in [2.45, 2.75) is 20.0 Å². The number of pyridine rings is 1. The lowest BCUT2D eigenvalue weighted by Gasteiger charge is -2.09. The van der Waals surface area contributed by atoms with Crippen molar-refractivity contribution in [3.05, 3.63) is 46.3 Å². The fraction of sp³-hybridized carbons (Fsp3) is 0.286. The molecule has 3 aromatic rings. The summed E-state index contributed by atoms with van der Waals surface area (Å²) in [7, 11) is 1.74. The normalized spacial score (nSPS) is 11.8. The van der Waals surface area contributed by atoms with Crippen LogP contribution >= 0.6 is 11.3 Å². The first-order valence-electron chi connectivity index (χ1n) is 6.91. The number of nitrogens with zero attached hydrogens (tertiary/aromatic N) is 5. The fourth-order valence-electron chi connectivity index (χ4n) is 2.04. The minimum absolute atomic E-state index is 0.543. The molecule has 0 saturated carbocycles. The molecule has 7 nitrogen and oxygen atoms in total. The molecule has 2 N–H and O–H groups in total. The Morgan fingerprint density at radius 1 is 1.27 bits per heavy atom. The molecule has 114 valence electrons. The topological polar surface area (TPSA) is 79.5 Å². The van der Waals surface area contributed by atoms with Gasteiger partial charge < -0.3 is 10.6 Å². The summed E-state index contributed by atoms with van der Waals surface area (Å²) < 4.78 is 1.95. The van der Waals surface area contributed by atoms with Crippen molar-refractivity contribution in [2.75, 3.05) is 7.05 Å². The number of thiazole rings is 1. The van der Waals surface area contributed by atoms with Crippen molar-refractivity contribution in [3.8, 4) is 0 Å². The van der Waals surface area contributed by atoms with E-state index in [1.54, 1.807) is 18.4 Å². The van der Waals surface area contributed by atoms with Gasteiger partial charge in [-0.2, -0.15) is 0 Å². The number of aryl methyl sites for hydroxylation is 1. The Morgan fingerprint density at radius 3 is 2.91 bits per heavy atom. The van der Waals surface area contributed by atoms with E-state index in [1.807, 2.05) is 41.9 Å². The van der Waals surface area contributed by atoms with Crippen LogP contribution in [0, 0.1) is 6.92 Å². The van der Waals surface area contributed by atoms with Gasteiger partial charge in [0.15, 0.2) is 17.4 Å². The average molecular weight is 315 g/mol. The average Bonchev–Trinajstić information content (AvgIpc) is 3.14. The maximum absolute atomic E-state index is 4.32. The Bertz CT molecular complexity index is 789. The van der Waals surface area contributed by atoms with Crippen LogP contribution in [0.1, 0.15) is 15.7 Å².